The summed E-state index contributed by atoms with van der Waals surface area (Å²) < 4.78 is 6.92. The summed E-state index contributed by atoms with van der Waals surface area (Å²) >= 11 is 1.63. The molecule has 1 radical (unpaired) electrons. The van der Waals surface area contributed by atoms with Crippen LogP contribution >= 0.6 is 11.3 Å². The van der Waals surface area contributed by atoms with Gasteiger partial charge in [-0.1, -0.05) is 24.0 Å². The number of hydrogen-bond donors (Lipinski definition) is 0. The number of benzene rings is 1. The highest BCUT2D eigenvalue weighted by atomic mass is 32.1. The standard InChI is InChI=1S/C12H9N2O2S.CH3.Al/c15-12-13-5-8-7-3-1-2-4-10(7)17-11(8)9(6-13)14(12)16;;/h1-4,9H,5-6H2;1H3;/q-1;;+1. The second-order valence-electron chi connectivity index (χ2n) is 4.79. The van der Waals surface area contributed by atoms with Gasteiger partial charge in [-0.3, -0.25) is 0 Å². The zero-order chi connectivity index (χ0) is 13.0. The molecule has 1 fully saturated rings. The lowest BCUT2D eigenvalue weighted by molar-refractivity contribution is -0.0242. The van der Waals surface area contributed by atoms with Crippen LogP contribution in [0.15, 0.2) is 24.3 Å². The van der Waals surface area contributed by atoms with E-state index in [1.165, 1.54) is 20.5 Å². The topological polar surface area (TPSA) is 32.8 Å². The number of rotatable bonds is 2. The van der Waals surface area contributed by atoms with Crippen LogP contribution in [0, 0.1) is 0 Å². The summed E-state index contributed by atoms with van der Waals surface area (Å²) in [6, 6.07) is 8.54. The summed E-state index contributed by atoms with van der Waals surface area (Å²) in [7, 11) is 0. The Morgan fingerprint density at radius 3 is 3.11 bits per heavy atom. The lowest BCUT2D eigenvalue weighted by atomic mass is 10.0. The number of hydroxylamine groups is 2. The number of urea groups is 1. The maximum Gasteiger partial charge on any atom is 0.465 e. The molecule has 2 aliphatic heterocycles. The summed E-state index contributed by atoms with van der Waals surface area (Å²) in [5.74, 6) is 2.00. The van der Waals surface area contributed by atoms with Crippen molar-refractivity contribution in [3.8, 4) is 0 Å². The van der Waals surface area contributed by atoms with Gasteiger partial charge in [-0.15, -0.1) is 11.3 Å². The average Bonchev–Trinajstić information content (AvgIpc) is 2.92. The number of thiophene rings is 1. The van der Waals surface area contributed by atoms with E-state index in [0.29, 0.717) is 6.54 Å². The molecule has 2 bridgehead atoms. The van der Waals surface area contributed by atoms with E-state index in [4.69, 9.17) is 3.89 Å². The third kappa shape index (κ3) is 1.58. The van der Waals surface area contributed by atoms with Crippen molar-refractivity contribution >= 4 is 43.0 Å². The minimum atomic E-state index is -0.168. The Labute approximate surface area is 121 Å². The number of hydrogen-bond acceptors (Lipinski definition) is 3. The Bertz CT molecular complexity index is 672. The van der Waals surface area contributed by atoms with Crippen LogP contribution in [0.4, 0.5) is 4.79 Å². The van der Waals surface area contributed by atoms with Crippen molar-refractivity contribution in [2.75, 3.05) is 6.54 Å². The molecule has 1 aromatic carbocycles. The van der Waals surface area contributed by atoms with Crippen LogP contribution in [0.25, 0.3) is 10.1 Å². The molecule has 1 saturated heterocycles. The van der Waals surface area contributed by atoms with E-state index in [1.54, 1.807) is 16.4 Å². The smallest absolute Gasteiger partial charge is 0.411 e. The highest BCUT2D eigenvalue weighted by Crippen LogP contribution is 2.45. The Morgan fingerprint density at radius 1 is 1.42 bits per heavy atom. The quantitative estimate of drug-likeness (QED) is 0.796. The Balaban J connectivity index is 1.88. The van der Waals surface area contributed by atoms with E-state index in [-0.39, 0.29) is 27.6 Å². The molecule has 1 aromatic heterocycles. The van der Waals surface area contributed by atoms with Crippen LogP contribution in [0.2, 0.25) is 5.79 Å². The number of amides is 2. The molecular weight excluding hydrogens is 275 g/mol. The fraction of sp³-hybridized carbons (Fsp3) is 0.308. The number of carbonyl (C=O) groups is 1. The van der Waals surface area contributed by atoms with Gasteiger partial charge in [0.05, 0.1) is 6.54 Å². The van der Waals surface area contributed by atoms with E-state index in [2.05, 4.69) is 24.3 Å². The van der Waals surface area contributed by atoms with Gasteiger partial charge >= 0.3 is 21.6 Å². The predicted molar refractivity (Wildman–Crippen MR) is 74.9 cm³/mol. The van der Waals surface area contributed by atoms with Crippen LogP contribution in [0.5, 0.6) is 0 Å². The summed E-state index contributed by atoms with van der Waals surface area (Å²) in [4.78, 5) is 15.4. The second kappa shape index (κ2) is 4.22. The molecular formula is C13H12AlN2O2S. The van der Waals surface area contributed by atoms with E-state index < -0.39 is 0 Å². The molecule has 19 heavy (non-hydrogen) atoms. The summed E-state index contributed by atoms with van der Waals surface area (Å²) in [6.45, 7) is 1.48. The minimum Gasteiger partial charge on any atom is -0.411 e. The van der Waals surface area contributed by atoms with E-state index in [0.717, 1.165) is 6.54 Å². The molecule has 0 saturated carbocycles. The van der Waals surface area contributed by atoms with Crippen molar-refractivity contribution in [1.82, 2.24) is 9.96 Å². The SMILES string of the molecule is [CH3][Al][O]N1C(=O)N2Cc3c(sc4ccccc34)C1C2. The second-order valence-corrected chi connectivity index (χ2v) is 6.55. The lowest BCUT2D eigenvalue weighted by Crippen LogP contribution is -2.31. The van der Waals surface area contributed by atoms with Gasteiger partial charge in [0.15, 0.2) is 0 Å². The minimum absolute atomic E-state index is 0.0202. The van der Waals surface area contributed by atoms with Crippen molar-refractivity contribution in [2.45, 2.75) is 18.4 Å². The summed E-state index contributed by atoms with van der Waals surface area (Å²) in [6.07, 6.45) is 0. The first-order valence-corrected chi connectivity index (χ1v) is 8.77. The van der Waals surface area contributed by atoms with E-state index >= 15 is 0 Å². The predicted octanol–water partition coefficient (Wildman–Crippen LogP) is 2.79. The molecule has 6 heteroatoms. The molecule has 2 amide bonds. The third-order valence-electron chi connectivity index (χ3n) is 3.74. The molecule has 4 nitrogen and oxygen atoms in total. The van der Waals surface area contributed by atoms with Gasteiger partial charge in [0.2, 0.25) is 0 Å². The molecule has 2 aliphatic rings. The highest BCUT2D eigenvalue weighted by Gasteiger charge is 2.44. The van der Waals surface area contributed by atoms with Crippen molar-refractivity contribution in [1.29, 1.82) is 0 Å². The number of fused-ring (bicyclic) bond motifs is 6. The van der Waals surface area contributed by atoms with Crippen LogP contribution in [0.1, 0.15) is 16.5 Å². The van der Waals surface area contributed by atoms with Gasteiger partial charge in [0, 0.05) is 16.1 Å². The van der Waals surface area contributed by atoms with E-state index in [1.807, 2.05) is 10.7 Å². The molecule has 95 valence electrons. The van der Waals surface area contributed by atoms with Crippen molar-refractivity contribution in [3.05, 3.63) is 34.7 Å². The van der Waals surface area contributed by atoms with Crippen LogP contribution in [0.3, 0.4) is 0 Å². The first-order chi connectivity index (χ1) is 9.29. The summed E-state index contributed by atoms with van der Waals surface area (Å²) in [5.41, 5.74) is 1.31. The van der Waals surface area contributed by atoms with Gasteiger partial charge in [0.1, 0.15) is 6.04 Å². The maximum atomic E-state index is 12.2. The van der Waals surface area contributed by atoms with Gasteiger partial charge in [-0.05, 0) is 17.0 Å². The van der Waals surface area contributed by atoms with Crippen LogP contribution in [-0.4, -0.2) is 38.1 Å². The lowest BCUT2D eigenvalue weighted by Gasteiger charge is -2.23. The fourth-order valence-electron chi connectivity index (χ4n) is 2.93. The van der Waals surface area contributed by atoms with Crippen molar-refractivity contribution in [3.63, 3.8) is 0 Å². The van der Waals surface area contributed by atoms with E-state index in [9.17, 15) is 4.79 Å². The van der Waals surface area contributed by atoms with Gasteiger partial charge in [-0.25, -0.2) is 9.86 Å². The Morgan fingerprint density at radius 2 is 2.26 bits per heavy atom. The summed E-state index contributed by atoms with van der Waals surface area (Å²) in [5, 5.41) is 2.88. The van der Waals surface area contributed by atoms with Gasteiger partial charge in [-0.2, -0.15) is 0 Å². The molecule has 1 atom stereocenters. The molecule has 3 heterocycles. The van der Waals surface area contributed by atoms with Crippen molar-refractivity contribution < 1.29 is 8.68 Å². The first kappa shape index (κ1) is 11.7. The zero-order valence-corrected chi connectivity index (χ0v) is 12.5. The number of nitrogens with zero attached hydrogens (tertiary/aromatic N) is 2. The first-order valence-electron chi connectivity index (χ1n) is 6.32. The van der Waals surface area contributed by atoms with Crippen molar-refractivity contribution in [2.24, 2.45) is 0 Å². The largest absolute Gasteiger partial charge is 0.465 e. The molecule has 2 aromatic rings. The molecule has 1 unspecified atom stereocenters. The maximum absolute atomic E-state index is 12.2. The number of carbonyl (C=O) groups excluding carboxylic acids is 1. The van der Waals surface area contributed by atoms with Crippen LogP contribution < -0.4 is 0 Å². The molecule has 4 rings (SSSR count). The zero-order valence-electron chi connectivity index (χ0n) is 10.5. The average molecular weight is 287 g/mol. The Hall–Kier alpha value is -1.06. The highest BCUT2D eigenvalue weighted by molar-refractivity contribution is 7.19. The molecule has 0 N–H and O–H groups in total. The Kier molecular flexibility index (Phi) is 2.61. The monoisotopic (exact) mass is 287 g/mol. The molecule has 0 aliphatic carbocycles. The molecule has 0 spiro atoms. The third-order valence-corrected chi connectivity index (χ3v) is 5.49. The van der Waals surface area contributed by atoms with Gasteiger partial charge in [0.25, 0.3) is 0 Å². The fourth-order valence-corrected chi connectivity index (χ4v) is 4.68. The van der Waals surface area contributed by atoms with Gasteiger partial charge < -0.3 is 8.79 Å². The normalized spacial score (nSPS) is 21.1. The van der Waals surface area contributed by atoms with Crippen LogP contribution in [-0.2, 0) is 10.4 Å².